The van der Waals surface area contributed by atoms with Crippen molar-refractivity contribution in [3.8, 4) is 0 Å². The van der Waals surface area contributed by atoms with Gasteiger partial charge >= 0.3 is 0 Å². The SMILES string of the molecule is [CH2-]C=[CH][Al]([CH2]C(C)C)[CH2]C(C)C.[Y]. The van der Waals surface area contributed by atoms with Gasteiger partial charge < -0.3 is 0 Å². The van der Waals surface area contributed by atoms with Gasteiger partial charge in [0.15, 0.2) is 14.1 Å². The summed E-state index contributed by atoms with van der Waals surface area (Å²) in [5, 5.41) is 2.87. The van der Waals surface area contributed by atoms with E-state index in [1.54, 1.807) is 0 Å². The van der Waals surface area contributed by atoms with Crippen LogP contribution in [-0.4, -0.2) is 14.1 Å². The van der Waals surface area contributed by atoms with Crippen LogP contribution in [0.25, 0.3) is 0 Å². The average Bonchev–Trinajstić information content (AvgIpc) is 1.84. The van der Waals surface area contributed by atoms with Crippen molar-refractivity contribution in [2.75, 3.05) is 0 Å². The molecular weight excluding hydrogens is 248 g/mol. The zero-order chi connectivity index (χ0) is 9.56. The molecule has 0 nitrogen and oxygen atoms in total. The fraction of sp³-hybridized carbons (Fsp3) is 0.727. The zero-order valence-electron chi connectivity index (χ0n) is 9.59. The Morgan fingerprint density at radius 2 is 1.46 bits per heavy atom. The summed E-state index contributed by atoms with van der Waals surface area (Å²) in [7, 11) is 0. The molecule has 0 unspecified atom stereocenters. The molecule has 73 valence electrons. The molecular formula is C11H22AlY-. The molecule has 1 radical (unpaired) electrons. The standard InChI is InChI=1S/2C4H9.C3H4.Al.Y/c2*1-4(2)3;1-3-2;;/h2*4H,1H2,2-3H3;1,3H,2H2;;/q;;-1;;. The Balaban J connectivity index is 0. The van der Waals surface area contributed by atoms with Crippen LogP contribution in [-0.2, 0) is 32.7 Å². The van der Waals surface area contributed by atoms with Crippen molar-refractivity contribution >= 4 is 14.1 Å². The Labute approximate surface area is 114 Å². The van der Waals surface area contributed by atoms with Gasteiger partial charge in [0.1, 0.15) is 0 Å². The Morgan fingerprint density at radius 1 is 1.08 bits per heavy atom. The monoisotopic (exact) mass is 270 g/mol. The van der Waals surface area contributed by atoms with E-state index in [0.717, 1.165) is 11.8 Å². The fourth-order valence-corrected chi connectivity index (χ4v) is 4.97. The van der Waals surface area contributed by atoms with Gasteiger partial charge in [0, 0.05) is 32.7 Å². The number of hydrogen-bond acceptors (Lipinski definition) is 0. The molecule has 2 heteroatoms. The van der Waals surface area contributed by atoms with Gasteiger partial charge in [0.05, 0.1) is 0 Å². The Morgan fingerprint density at radius 3 is 1.69 bits per heavy atom. The first-order valence-electron chi connectivity index (χ1n) is 5.02. The Bertz CT molecular complexity index is 120. The maximum atomic E-state index is 3.79. The van der Waals surface area contributed by atoms with E-state index in [0.29, 0.717) is 0 Å². The Hall–Kier alpha value is 1.25. The van der Waals surface area contributed by atoms with Crippen molar-refractivity contribution in [3.05, 3.63) is 17.9 Å². The van der Waals surface area contributed by atoms with Crippen LogP contribution in [0.1, 0.15) is 27.7 Å². The molecule has 0 aromatic carbocycles. The van der Waals surface area contributed by atoms with Crippen LogP contribution in [0, 0.1) is 18.8 Å². The summed E-state index contributed by atoms with van der Waals surface area (Å²) in [4.78, 5) is 2.39. The summed E-state index contributed by atoms with van der Waals surface area (Å²) in [6.45, 7) is 13.1. The summed E-state index contributed by atoms with van der Waals surface area (Å²) < 4.78 is 0. The van der Waals surface area contributed by atoms with Gasteiger partial charge in [-0.25, -0.2) is 13.0 Å². The van der Waals surface area contributed by atoms with E-state index in [1.807, 2.05) is 6.08 Å². The van der Waals surface area contributed by atoms with E-state index in [-0.39, 0.29) is 32.7 Å². The molecule has 0 aliphatic heterocycles. The van der Waals surface area contributed by atoms with E-state index in [9.17, 15) is 0 Å². The largest absolute Gasteiger partial charge is 0.265 e. The number of allylic oxidation sites excluding steroid dienone is 1. The summed E-state index contributed by atoms with van der Waals surface area (Å²) in [6, 6.07) is 0. The first kappa shape index (κ1) is 16.7. The van der Waals surface area contributed by atoms with E-state index in [1.165, 1.54) is 10.6 Å². The van der Waals surface area contributed by atoms with E-state index < -0.39 is 14.1 Å². The van der Waals surface area contributed by atoms with Crippen LogP contribution in [0.5, 0.6) is 0 Å². The number of rotatable bonds is 5. The molecule has 0 atom stereocenters. The number of hydrogen-bond donors (Lipinski definition) is 0. The second-order valence-electron chi connectivity index (χ2n) is 4.45. The van der Waals surface area contributed by atoms with Crippen molar-refractivity contribution in [3.63, 3.8) is 0 Å². The summed E-state index contributed by atoms with van der Waals surface area (Å²) in [5.41, 5.74) is 0. The van der Waals surface area contributed by atoms with Crippen LogP contribution < -0.4 is 0 Å². The van der Waals surface area contributed by atoms with Crippen LogP contribution in [0.15, 0.2) is 11.0 Å². The van der Waals surface area contributed by atoms with Gasteiger partial charge in [-0.05, 0) is 0 Å². The third kappa shape index (κ3) is 11.2. The second kappa shape index (κ2) is 9.79. The minimum Gasteiger partial charge on any atom is -0.265 e. The van der Waals surface area contributed by atoms with Crippen molar-refractivity contribution in [2.24, 2.45) is 11.8 Å². The molecule has 13 heavy (non-hydrogen) atoms. The molecule has 0 fully saturated rings. The van der Waals surface area contributed by atoms with Gasteiger partial charge in [-0.3, -0.25) is 4.94 Å². The van der Waals surface area contributed by atoms with Crippen LogP contribution in [0.2, 0.25) is 10.6 Å². The smallest absolute Gasteiger partial charge is 0.172 e. The quantitative estimate of drug-likeness (QED) is 0.527. The molecule has 0 amide bonds. The Kier molecular flexibility index (Phi) is 12.5. The molecule has 0 aliphatic rings. The third-order valence-electron chi connectivity index (χ3n) is 1.96. The van der Waals surface area contributed by atoms with Crippen LogP contribution in [0.3, 0.4) is 0 Å². The normalized spacial score (nSPS) is 10.9. The maximum absolute atomic E-state index is 3.79. The van der Waals surface area contributed by atoms with Gasteiger partial charge in [-0.2, -0.15) is 0 Å². The minimum atomic E-state index is -0.593. The molecule has 0 bridgehead atoms. The van der Waals surface area contributed by atoms with Crippen LogP contribution in [0.4, 0.5) is 0 Å². The van der Waals surface area contributed by atoms with Crippen LogP contribution >= 0.6 is 0 Å². The first-order valence-corrected chi connectivity index (χ1v) is 7.32. The fourth-order valence-electron chi connectivity index (χ4n) is 1.66. The molecule has 0 spiro atoms. The predicted octanol–water partition coefficient (Wildman–Crippen LogP) is 3.72. The molecule has 0 aromatic rings. The predicted molar refractivity (Wildman–Crippen MR) is 59.5 cm³/mol. The molecule has 0 heterocycles. The maximum Gasteiger partial charge on any atom is 0.172 e. The topological polar surface area (TPSA) is 0 Å². The van der Waals surface area contributed by atoms with Crippen molar-refractivity contribution in [1.82, 2.24) is 0 Å². The third-order valence-corrected chi connectivity index (χ3v) is 5.87. The van der Waals surface area contributed by atoms with E-state index >= 15 is 0 Å². The molecule has 0 saturated heterocycles. The zero-order valence-corrected chi connectivity index (χ0v) is 13.6. The second-order valence-corrected chi connectivity index (χ2v) is 7.30. The van der Waals surface area contributed by atoms with E-state index in [2.05, 4.69) is 39.6 Å². The van der Waals surface area contributed by atoms with Crippen molar-refractivity contribution in [1.29, 1.82) is 0 Å². The van der Waals surface area contributed by atoms with Crippen molar-refractivity contribution < 1.29 is 32.7 Å². The van der Waals surface area contributed by atoms with Gasteiger partial charge in [-0.15, -0.1) is 10.6 Å². The van der Waals surface area contributed by atoms with Crippen molar-refractivity contribution in [2.45, 2.75) is 38.3 Å². The molecule has 0 aromatic heterocycles. The summed E-state index contributed by atoms with van der Waals surface area (Å²) >= 11 is -0.593. The minimum absolute atomic E-state index is 0. The van der Waals surface area contributed by atoms with Gasteiger partial charge in [0.2, 0.25) is 0 Å². The molecule has 0 aliphatic carbocycles. The summed E-state index contributed by atoms with van der Waals surface area (Å²) in [5.74, 6) is 1.72. The average molecular weight is 270 g/mol. The molecule has 0 saturated carbocycles. The first-order chi connectivity index (χ1) is 5.56. The summed E-state index contributed by atoms with van der Waals surface area (Å²) in [6.07, 6.45) is 2.00. The van der Waals surface area contributed by atoms with Gasteiger partial charge in [0.25, 0.3) is 0 Å². The molecule has 0 N–H and O–H groups in total. The van der Waals surface area contributed by atoms with E-state index in [4.69, 9.17) is 0 Å². The van der Waals surface area contributed by atoms with Gasteiger partial charge in [-0.1, -0.05) is 39.5 Å². The molecule has 0 rings (SSSR count).